The third-order valence-corrected chi connectivity index (χ3v) is 5.56. The van der Waals surface area contributed by atoms with Gasteiger partial charge in [0.25, 0.3) is 0 Å². The molecule has 110 valence electrons. The van der Waals surface area contributed by atoms with Gasteiger partial charge in [-0.3, -0.25) is 0 Å². The highest BCUT2D eigenvalue weighted by atomic mass is 79.9. The summed E-state index contributed by atoms with van der Waals surface area (Å²) in [6, 6.07) is 2.24. The van der Waals surface area contributed by atoms with Gasteiger partial charge in [-0.25, -0.2) is 17.9 Å². The van der Waals surface area contributed by atoms with Gasteiger partial charge in [0.05, 0.1) is 10.5 Å². The third kappa shape index (κ3) is 3.91. The van der Waals surface area contributed by atoms with Gasteiger partial charge in [0.1, 0.15) is 0 Å². The average Bonchev–Trinajstić information content (AvgIpc) is 2.31. The Labute approximate surface area is 126 Å². The minimum Gasteiger partial charge on any atom is -0.478 e. The summed E-state index contributed by atoms with van der Waals surface area (Å²) in [7, 11) is -3.80. The zero-order valence-electron chi connectivity index (χ0n) is 11.2. The lowest BCUT2D eigenvalue weighted by Gasteiger charge is -2.15. The van der Waals surface area contributed by atoms with Crippen LogP contribution in [0.2, 0.25) is 0 Å². The largest absolute Gasteiger partial charge is 0.478 e. The van der Waals surface area contributed by atoms with Crippen molar-refractivity contribution >= 4 is 31.9 Å². The maximum atomic E-state index is 12.3. The van der Waals surface area contributed by atoms with Crippen LogP contribution >= 0.6 is 15.9 Å². The molecule has 0 aliphatic heterocycles. The molecular formula is C13H16BrNO4S. The second-order valence-electron chi connectivity index (χ2n) is 4.46. The number of nitrogens with one attached hydrogen (secondary N) is 1. The number of hydrogen-bond acceptors (Lipinski definition) is 3. The minimum atomic E-state index is -3.80. The highest BCUT2D eigenvalue weighted by molar-refractivity contribution is 9.10. The fourth-order valence-corrected chi connectivity index (χ4v) is 3.98. The van der Waals surface area contributed by atoms with Crippen LogP contribution in [0.15, 0.2) is 34.2 Å². The fraction of sp³-hybridized carbons (Fsp3) is 0.308. The van der Waals surface area contributed by atoms with Gasteiger partial charge in [-0.15, -0.1) is 6.58 Å². The van der Waals surface area contributed by atoms with Crippen LogP contribution in [-0.4, -0.2) is 25.5 Å². The Morgan fingerprint density at radius 3 is 2.65 bits per heavy atom. The summed E-state index contributed by atoms with van der Waals surface area (Å²) in [5.74, 6) is -1.17. The van der Waals surface area contributed by atoms with Crippen LogP contribution in [0, 0.1) is 6.92 Å². The van der Waals surface area contributed by atoms with E-state index in [9.17, 15) is 13.2 Å². The Hall–Kier alpha value is -1.18. The van der Waals surface area contributed by atoms with Gasteiger partial charge < -0.3 is 5.11 Å². The van der Waals surface area contributed by atoms with Crippen LogP contribution in [0.1, 0.15) is 29.3 Å². The van der Waals surface area contributed by atoms with E-state index in [-0.39, 0.29) is 16.5 Å². The normalized spacial score (nSPS) is 12.9. The number of aromatic carboxylic acids is 1. The lowest BCUT2D eigenvalue weighted by atomic mass is 10.1. The number of aryl methyl sites for hydroxylation is 1. The van der Waals surface area contributed by atoms with E-state index in [1.165, 1.54) is 6.07 Å². The van der Waals surface area contributed by atoms with E-state index in [2.05, 4.69) is 27.2 Å². The number of hydrogen-bond donors (Lipinski definition) is 2. The molecule has 1 atom stereocenters. The zero-order chi connectivity index (χ0) is 15.5. The molecule has 0 amide bonds. The van der Waals surface area contributed by atoms with Gasteiger partial charge in [0.15, 0.2) is 0 Å². The molecule has 1 aromatic rings. The first kappa shape index (κ1) is 16.9. The van der Waals surface area contributed by atoms with Gasteiger partial charge in [0.2, 0.25) is 10.0 Å². The number of rotatable bonds is 6. The summed E-state index contributed by atoms with van der Waals surface area (Å²) in [5, 5.41) is 9.01. The van der Waals surface area contributed by atoms with Crippen molar-refractivity contribution in [3.63, 3.8) is 0 Å². The Morgan fingerprint density at radius 1 is 1.55 bits per heavy atom. The lowest BCUT2D eigenvalue weighted by Crippen LogP contribution is -2.32. The zero-order valence-corrected chi connectivity index (χ0v) is 13.6. The topological polar surface area (TPSA) is 83.5 Å². The molecule has 7 heteroatoms. The number of sulfonamides is 1. The SMILES string of the molecule is C=CCC(C)NS(=O)(=O)c1cc(C(=O)O)cc(C)c1Br. The summed E-state index contributed by atoms with van der Waals surface area (Å²) >= 11 is 3.20. The van der Waals surface area contributed by atoms with Crippen LogP contribution < -0.4 is 4.72 Å². The quantitative estimate of drug-likeness (QED) is 0.763. The van der Waals surface area contributed by atoms with Crippen molar-refractivity contribution in [1.29, 1.82) is 0 Å². The molecule has 0 fully saturated rings. The maximum Gasteiger partial charge on any atom is 0.335 e. The minimum absolute atomic E-state index is 0.0672. The van der Waals surface area contributed by atoms with Crippen LogP contribution in [-0.2, 0) is 10.0 Å². The molecule has 0 bridgehead atoms. The van der Waals surface area contributed by atoms with Crippen molar-refractivity contribution in [2.75, 3.05) is 0 Å². The van der Waals surface area contributed by atoms with Crippen molar-refractivity contribution in [2.45, 2.75) is 31.2 Å². The summed E-state index contributed by atoms with van der Waals surface area (Å²) in [5.41, 5.74) is 0.476. The number of carbonyl (C=O) groups is 1. The van der Waals surface area contributed by atoms with Gasteiger partial charge in [-0.05, 0) is 53.9 Å². The summed E-state index contributed by atoms with van der Waals surface area (Å²) < 4.78 is 27.4. The summed E-state index contributed by atoms with van der Waals surface area (Å²) in [6.07, 6.45) is 2.09. The predicted octanol–water partition coefficient (Wildman–Crippen LogP) is 2.70. The first-order chi connectivity index (χ1) is 9.19. The molecule has 2 N–H and O–H groups in total. The number of carboxylic acids is 1. The fourth-order valence-electron chi connectivity index (χ4n) is 1.68. The Balaban J connectivity index is 3.30. The van der Waals surface area contributed by atoms with E-state index >= 15 is 0 Å². The predicted molar refractivity (Wildman–Crippen MR) is 80.4 cm³/mol. The molecule has 1 rings (SSSR count). The Bertz CT molecular complexity index is 640. The van der Waals surface area contributed by atoms with Gasteiger partial charge in [0, 0.05) is 10.5 Å². The van der Waals surface area contributed by atoms with Crippen molar-refractivity contribution in [2.24, 2.45) is 0 Å². The van der Waals surface area contributed by atoms with E-state index < -0.39 is 16.0 Å². The number of benzene rings is 1. The highest BCUT2D eigenvalue weighted by Gasteiger charge is 2.23. The van der Waals surface area contributed by atoms with Crippen LogP contribution in [0.5, 0.6) is 0 Å². The molecule has 0 heterocycles. The molecule has 0 radical (unpaired) electrons. The van der Waals surface area contributed by atoms with Crippen molar-refractivity contribution in [1.82, 2.24) is 4.72 Å². The highest BCUT2D eigenvalue weighted by Crippen LogP contribution is 2.27. The van der Waals surface area contributed by atoms with Crippen molar-refractivity contribution in [3.05, 3.63) is 40.4 Å². The van der Waals surface area contributed by atoms with Crippen molar-refractivity contribution in [3.8, 4) is 0 Å². The second kappa shape index (κ2) is 6.51. The van der Waals surface area contributed by atoms with E-state index in [0.717, 1.165) is 6.07 Å². The van der Waals surface area contributed by atoms with Gasteiger partial charge in [-0.1, -0.05) is 6.08 Å². The standard InChI is InChI=1S/C13H16BrNO4S/c1-4-5-9(3)15-20(18,19)11-7-10(13(16)17)6-8(2)12(11)14/h4,6-7,9,15H,1,5H2,2-3H3,(H,16,17). The Kier molecular flexibility index (Phi) is 5.50. The molecule has 0 aliphatic carbocycles. The monoisotopic (exact) mass is 361 g/mol. The van der Waals surface area contributed by atoms with Crippen LogP contribution in [0.25, 0.3) is 0 Å². The molecule has 0 saturated heterocycles. The Morgan fingerprint density at radius 2 is 2.15 bits per heavy atom. The summed E-state index contributed by atoms with van der Waals surface area (Å²) in [4.78, 5) is 10.9. The van der Waals surface area contributed by atoms with E-state index in [0.29, 0.717) is 16.5 Å². The van der Waals surface area contributed by atoms with Crippen molar-refractivity contribution < 1.29 is 18.3 Å². The molecule has 0 aliphatic rings. The molecular weight excluding hydrogens is 346 g/mol. The van der Waals surface area contributed by atoms with E-state index in [4.69, 9.17) is 5.11 Å². The maximum absolute atomic E-state index is 12.3. The molecule has 0 saturated carbocycles. The number of carboxylic acid groups (broad SMARTS) is 1. The second-order valence-corrected chi connectivity index (χ2v) is 6.93. The van der Waals surface area contributed by atoms with Crippen LogP contribution in [0.4, 0.5) is 0 Å². The molecule has 20 heavy (non-hydrogen) atoms. The van der Waals surface area contributed by atoms with E-state index in [1.807, 2.05) is 0 Å². The molecule has 5 nitrogen and oxygen atoms in total. The number of halogens is 1. The molecule has 0 spiro atoms. The first-order valence-corrected chi connectivity index (χ1v) is 8.13. The lowest BCUT2D eigenvalue weighted by molar-refractivity contribution is 0.0696. The smallest absolute Gasteiger partial charge is 0.335 e. The third-order valence-electron chi connectivity index (χ3n) is 2.63. The van der Waals surface area contributed by atoms with Gasteiger partial charge in [-0.2, -0.15) is 0 Å². The average molecular weight is 362 g/mol. The molecule has 1 unspecified atom stereocenters. The van der Waals surface area contributed by atoms with E-state index in [1.54, 1.807) is 19.9 Å². The molecule has 1 aromatic carbocycles. The van der Waals surface area contributed by atoms with Crippen LogP contribution in [0.3, 0.4) is 0 Å². The summed E-state index contributed by atoms with van der Waals surface area (Å²) in [6.45, 7) is 6.90. The first-order valence-electron chi connectivity index (χ1n) is 5.85. The van der Waals surface area contributed by atoms with Gasteiger partial charge >= 0.3 is 5.97 Å². The molecule has 0 aromatic heterocycles.